The Kier molecular flexibility index (Phi) is 6.92. The Morgan fingerprint density at radius 1 is 1.16 bits per heavy atom. The van der Waals surface area contributed by atoms with Crippen molar-refractivity contribution in [3.05, 3.63) is 69.7 Å². The third-order valence-electron chi connectivity index (χ3n) is 6.08. The SMILES string of the molecule is COc1cccc(CN2CCC(NC(=O)c3sc(-c4ccc(C)cc4C)nc3C)CC2)c1. The van der Waals surface area contributed by atoms with Gasteiger partial charge in [0.25, 0.3) is 5.91 Å². The zero-order valence-electron chi connectivity index (χ0n) is 19.3. The van der Waals surface area contributed by atoms with Gasteiger partial charge < -0.3 is 10.1 Å². The first kappa shape index (κ1) is 22.5. The van der Waals surface area contributed by atoms with Gasteiger partial charge >= 0.3 is 0 Å². The lowest BCUT2D eigenvalue weighted by Crippen LogP contribution is -2.44. The summed E-state index contributed by atoms with van der Waals surface area (Å²) in [6.45, 7) is 8.96. The van der Waals surface area contributed by atoms with E-state index in [9.17, 15) is 4.79 Å². The van der Waals surface area contributed by atoms with Gasteiger partial charge in [-0.3, -0.25) is 9.69 Å². The van der Waals surface area contributed by atoms with E-state index in [0.29, 0.717) is 0 Å². The molecule has 0 radical (unpaired) electrons. The van der Waals surface area contributed by atoms with Gasteiger partial charge in [0, 0.05) is 31.2 Å². The number of carbonyl (C=O) groups excluding carboxylic acids is 1. The van der Waals surface area contributed by atoms with Crippen LogP contribution in [0.3, 0.4) is 0 Å². The number of carbonyl (C=O) groups is 1. The highest BCUT2D eigenvalue weighted by Crippen LogP contribution is 2.31. The quantitative estimate of drug-likeness (QED) is 0.566. The number of thiazole rings is 1. The number of aryl methyl sites for hydroxylation is 3. The molecule has 4 rings (SSSR count). The molecule has 32 heavy (non-hydrogen) atoms. The molecule has 1 saturated heterocycles. The summed E-state index contributed by atoms with van der Waals surface area (Å²) >= 11 is 1.49. The van der Waals surface area contributed by atoms with Crippen LogP contribution in [0, 0.1) is 20.8 Å². The number of hydrogen-bond donors (Lipinski definition) is 1. The van der Waals surface area contributed by atoms with E-state index in [1.54, 1.807) is 7.11 Å². The number of rotatable bonds is 6. The summed E-state index contributed by atoms with van der Waals surface area (Å²) in [6.07, 6.45) is 1.91. The average molecular weight is 450 g/mol. The van der Waals surface area contributed by atoms with E-state index in [2.05, 4.69) is 54.4 Å². The molecule has 1 aliphatic heterocycles. The molecule has 0 unspecified atom stereocenters. The first-order valence-corrected chi connectivity index (χ1v) is 12.0. The number of piperidine rings is 1. The number of nitrogens with zero attached hydrogens (tertiary/aromatic N) is 2. The number of aromatic nitrogens is 1. The number of hydrogen-bond acceptors (Lipinski definition) is 5. The predicted octanol–water partition coefficient (Wildman–Crippen LogP) is 5.14. The molecule has 1 amide bonds. The highest BCUT2D eigenvalue weighted by Gasteiger charge is 2.24. The lowest BCUT2D eigenvalue weighted by molar-refractivity contribution is 0.0912. The molecule has 0 aliphatic carbocycles. The molecular formula is C26H31N3O2S. The molecule has 1 N–H and O–H groups in total. The van der Waals surface area contributed by atoms with Crippen molar-refractivity contribution in [1.29, 1.82) is 0 Å². The molecule has 1 aliphatic rings. The maximum absolute atomic E-state index is 13.0. The Morgan fingerprint density at radius 2 is 1.94 bits per heavy atom. The zero-order chi connectivity index (χ0) is 22.7. The van der Waals surface area contributed by atoms with Gasteiger partial charge in [-0.25, -0.2) is 4.98 Å². The van der Waals surface area contributed by atoms with Crippen molar-refractivity contribution in [1.82, 2.24) is 15.2 Å². The monoisotopic (exact) mass is 449 g/mol. The van der Waals surface area contributed by atoms with E-state index in [4.69, 9.17) is 9.72 Å². The summed E-state index contributed by atoms with van der Waals surface area (Å²) in [5, 5.41) is 4.17. The van der Waals surface area contributed by atoms with Crippen molar-refractivity contribution in [3.8, 4) is 16.3 Å². The maximum atomic E-state index is 13.0. The van der Waals surface area contributed by atoms with Gasteiger partial charge in [0.1, 0.15) is 15.6 Å². The van der Waals surface area contributed by atoms with Crippen molar-refractivity contribution in [2.45, 2.75) is 46.2 Å². The molecule has 1 fully saturated rings. The summed E-state index contributed by atoms with van der Waals surface area (Å²) in [6, 6.07) is 14.8. The van der Waals surface area contributed by atoms with Gasteiger partial charge in [-0.1, -0.05) is 35.9 Å². The number of benzene rings is 2. The van der Waals surface area contributed by atoms with Crippen LogP contribution < -0.4 is 10.1 Å². The fraction of sp³-hybridized carbons (Fsp3) is 0.385. The molecule has 5 nitrogen and oxygen atoms in total. The summed E-state index contributed by atoms with van der Waals surface area (Å²) < 4.78 is 5.33. The smallest absolute Gasteiger partial charge is 0.263 e. The van der Waals surface area contributed by atoms with E-state index in [0.717, 1.165) is 59.4 Å². The largest absolute Gasteiger partial charge is 0.497 e. The molecule has 3 aromatic rings. The molecule has 0 bridgehead atoms. The van der Waals surface area contributed by atoms with Gasteiger partial charge in [-0.15, -0.1) is 11.3 Å². The molecular weight excluding hydrogens is 418 g/mol. The highest BCUT2D eigenvalue weighted by molar-refractivity contribution is 7.17. The number of amides is 1. The summed E-state index contributed by atoms with van der Waals surface area (Å²) in [5.74, 6) is 0.895. The van der Waals surface area contributed by atoms with Crippen LogP contribution in [0.2, 0.25) is 0 Å². The summed E-state index contributed by atoms with van der Waals surface area (Å²) in [5.41, 5.74) is 5.59. The van der Waals surface area contributed by atoms with Crippen molar-refractivity contribution >= 4 is 17.2 Å². The number of nitrogens with one attached hydrogen (secondary N) is 1. The van der Waals surface area contributed by atoms with Crippen molar-refractivity contribution in [2.24, 2.45) is 0 Å². The van der Waals surface area contributed by atoms with Gasteiger partial charge in [-0.05, 0) is 56.9 Å². The lowest BCUT2D eigenvalue weighted by atomic mass is 10.0. The molecule has 168 valence electrons. The number of ether oxygens (including phenoxy) is 1. The predicted molar refractivity (Wildman–Crippen MR) is 131 cm³/mol. The van der Waals surface area contributed by atoms with Crippen LogP contribution in [0.25, 0.3) is 10.6 Å². The van der Waals surface area contributed by atoms with E-state index >= 15 is 0 Å². The third kappa shape index (κ3) is 5.19. The fourth-order valence-electron chi connectivity index (χ4n) is 4.29. The molecule has 6 heteroatoms. The van der Waals surface area contributed by atoms with Crippen LogP contribution in [-0.2, 0) is 6.54 Å². The van der Waals surface area contributed by atoms with Crippen LogP contribution >= 0.6 is 11.3 Å². The normalized spacial score (nSPS) is 15.0. The zero-order valence-corrected chi connectivity index (χ0v) is 20.1. The Labute approximate surface area is 194 Å². The first-order chi connectivity index (χ1) is 15.4. The van der Waals surface area contributed by atoms with Crippen LogP contribution in [0.15, 0.2) is 42.5 Å². The van der Waals surface area contributed by atoms with Crippen LogP contribution in [0.5, 0.6) is 5.75 Å². The van der Waals surface area contributed by atoms with Crippen LogP contribution in [0.1, 0.15) is 44.9 Å². The van der Waals surface area contributed by atoms with Gasteiger partial charge in [-0.2, -0.15) is 0 Å². The Morgan fingerprint density at radius 3 is 2.66 bits per heavy atom. The van der Waals surface area contributed by atoms with Gasteiger partial charge in [0.15, 0.2) is 0 Å². The van der Waals surface area contributed by atoms with Gasteiger partial charge in [0.2, 0.25) is 0 Å². The minimum absolute atomic E-state index is 0.00209. The molecule has 0 spiro atoms. The molecule has 0 atom stereocenters. The summed E-state index contributed by atoms with van der Waals surface area (Å²) in [4.78, 5) is 20.8. The standard InChI is InChI=1S/C26H31N3O2S/c1-17-8-9-23(18(2)14-17)26-27-19(3)24(32-26)25(30)28-21-10-12-29(13-11-21)16-20-6-5-7-22(15-20)31-4/h5-9,14-15,21H,10-13,16H2,1-4H3,(H,28,30). The third-order valence-corrected chi connectivity index (χ3v) is 7.27. The number of methoxy groups -OCH3 is 1. The van der Waals surface area contributed by atoms with Gasteiger partial charge in [0.05, 0.1) is 12.8 Å². The van der Waals surface area contributed by atoms with E-state index < -0.39 is 0 Å². The Hall–Kier alpha value is -2.70. The topological polar surface area (TPSA) is 54.5 Å². The minimum atomic E-state index is 0.00209. The fourth-order valence-corrected chi connectivity index (χ4v) is 5.35. The van der Waals surface area contributed by atoms with Crippen molar-refractivity contribution < 1.29 is 9.53 Å². The van der Waals surface area contributed by atoms with E-state index in [-0.39, 0.29) is 11.9 Å². The van der Waals surface area contributed by atoms with E-state index in [1.807, 2.05) is 19.1 Å². The second-order valence-corrected chi connectivity index (χ2v) is 9.63. The van der Waals surface area contributed by atoms with Crippen LogP contribution in [0.4, 0.5) is 0 Å². The highest BCUT2D eigenvalue weighted by atomic mass is 32.1. The summed E-state index contributed by atoms with van der Waals surface area (Å²) in [7, 11) is 1.70. The minimum Gasteiger partial charge on any atom is -0.497 e. The lowest BCUT2D eigenvalue weighted by Gasteiger charge is -2.32. The average Bonchev–Trinajstić information content (AvgIpc) is 3.16. The van der Waals surface area contributed by atoms with Crippen molar-refractivity contribution in [2.75, 3.05) is 20.2 Å². The second kappa shape index (κ2) is 9.84. The maximum Gasteiger partial charge on any atom is 0.263 e. The number of likely N-dealkylation sites (tertiary alicyclic amines) is 1. The molecule has 0 saturated carbocycles. The second-order valence-electron chi connectivity index (χ2n) is 8.63. The first-order valence-electron chi connectivity index (χ1n) is 11.1. The van der Waals surface area contributed by atoms with Crippen LogP contribution in [-0.4, -0.2) is 42.0 Å². The Bertz CT molecular complexity index is 1100. The molecule has 2 heterocycles. The molecule has 2 aromatic carbocycles. The molecule has 1 aromatic heterocycles. The Balaban J connectivity index is 1.34. The van der Waals surface area contributed by atoms with E-state index in [1.165, 1.54) is 28.0 Å². The van der Waals surface area contributed by atoms with Crippen molar-refractivity contribution in [3.63, 3.8) is 0 Å².